The minimum atomic E-state index is -2.31. The molecular formula is C14H24F2N2O. The van der Waals surface area contributed by atoms with Gasteiger partial charge in [0, 0.05) is 17.6 Å². The first-order valence-electron chi connectivity index (χ1n) is 6.47. The Hall–Kier alpha value is -0.940. The highest BCUT2D eigenvalue weighted by molar-refractivity contribution is 5.20. The molecule has 1 rings (SSSR count). The molecule has 0 saturated carbocycles. The number of furan rings is 1. The van der Waals surface area contributed by atoms with Crippen LogP contribution in [-0.2, 0) is 13.1 Å². The summed E-state index contributed by atoms with van der Waals surface area (Å²) in [6.45, 7) is 9.02. The molecule has 0 spiro atoms. The number of alkyl halides is 2. The Morgan fingerprint density at radius 3 is 2.53 bits per heavy atom. The van der Waals surface area contributed by atoms with Crippen LogP contribution in [0, 0.1) is 6.92 Å². The highest BCUT2D eigenvalue weighted by Crippen LogP contribution is 2.17. The predicted octanol–water partition coefficient (Wildman–Crippen LogP) is 3.17. The summed E-state index contributed by atoms with van der Waals surface area (Å²) < 4.78 is 30.2. The number of aryl methyl sites for hydroxylation is 1. The number of nitrogens with zero attached hydrogens (tertiary/aromatic N) is 1. The molecule has 1 aromatic rings. The normalized spacial score (nSPS) is 12.7. The molecule has 110 valence electrons. The fourth-order valence-electron chi connectivity index (χ4n) is 1.77. The van der Waals surface area contributed by atoms with Gasteiger partial charge in [-0.1, -0.05) is 0 Å². The molecule has 0 aliphatic rings. The summed E-state index contributed by atoms with van der Waals surface area (Å²) >= 11 is 0. The largest absolute Gasteiger partial charge is 0.465 e. The Balaban J connectivity index is 2.59. The van der Waals surface area contributed by atoms with E-state index in [1.54, 1.807) is 11.9 Å². The third kappa shape index (κ3) is 6.16. The summed E-state index contributed by atoms with van der Waals surface area (Å²) in [7, 11) is 1.69. The lowest BCUT2D eigenvalue weighted by molar-refractivity contribution is 0.0973. The lowest BCUT2D eigenvalue weighted by atomic mass is 10.1. The quantitative estimate of drug-likeness (QED) is 0.863. The summed E-state index contributed by atoms with van der Waals surface area (Å²) in [5.41, 5.74) is 0.988. The van der Waals surface area contributed by atoms with E-state index in [1.807, 2.05) is 13.0 Å². The Labute approximate surface area is 114 Å². The maximum Gasteiger partial charge on any atom is 0.251 e. The van der Waals surface area contributed by atoms with Gasteiger partial charge in [-0.25, -0.2) is 8.78 Å². The fraction of sp³-hybridized carbons (Fsp3) is 0.714. The smallest absolute Gasteiger partial charge is 0.251 e. The third-order valence-electron chi connectivity index (χ3n) is 2.75. The minimum Gasteiger partial charge on any atom is -0.465 e. The van der Waals surface area contributed by atoms with Gasteiger partial charge in [-0.3, -0.25) is 4.90 Å². The maximum atomic E-state index is 12.3. The van der Waals surface area contributed by atoms with Crippen molar-refractivity contribution in [2.24, 2.45) is 0 Å². The predicted molar refractivity (Wildman–Crippen MR) is 72.4 cm³/mol. The van der Waals surface area contributed by atoms with Crippen molar-refractivity contribution < 1.29 is 13.2 Å². The van der Waals surface area contributed by atoms with Gasteiger partial charge in [-0.05, 0) is 40.8 Å². The first kappa shape index (κ1) is 16.1. The molecule has 3 nitrogen and oxygen atoms in total. The van der Waals surface area contributed by atoms with Crippen molar-refractivity contribution in [2.45, 2.75) is 52.7 Å². The number of hydrogen-bond donors (Lipinski definition) is 1. The molecule has 1 heterocycles. The van der Waals surface area contributed by atoms with E-state index >= 15 is 0 Å². The van der Waals surface area contributed by atoms with Crippen LogP contribution in [0.2, 0.25) is 0 Å². The summed E-state index contributed by atoms with van der Waals surface area (Å²) in [5, 5.41) is 3.34. The van der Waals surface area contributed by atoms with Crippen LogP contribution in [0.4, 0.5) is 8.78 Å². The molecule has 0 amide bonds. The van der Waals surface area contributed by atoms with Crippen molar-refractivity contribution in [1.82, 2.24) is 10.2 Å². The molecule has 0 bridgehead atoms. The zero-order valence-corrected chi connectivity index (χ0v) is 12.4. The van der Waals surface area contributed by atoms with Crippen LogP contribution < -0.4 is 5.32 Å². The molecule has 0 aromatic carbocycles. The summed E-state index contributed by atoms with van der Waals surface area (Å²) in [5.74, 6) is 1.64. The zero-order valence-electron chi connectivity index (χ0n) is 12.4. The van der Waals surface area contributed by atoms with Crippen molar-refractivity contribution in [1.29, 1.82) is 0 Å². The molecule has 0 atom stereocenters. The van der Waals surface area contributed by atoms with Crippen molar-refractivity contribution in [2.75, 3.05) is 13.6 Å². The van der Waals surface area contributed by atoms with E-state index in [2.05, 4.69) is 26.1 Å². The van der Waals surface area contributed by atoms with Gasteiger partial charge in [0.25, 0.3) is 6.43 Å². The average molecular weight is 274 g/mol. The standard InChI is InChI=1S/C14H24F2N2O/c1-10-11(8-18(5)9-13(15)16)6-12(19-10)7-17-14(2,3)4/h6,13,17H,7-9H2,1-5H3. The summed E-state index contributed by atoms with van der Waals surface area (Å²) in [4.78, 5) is 1.60. The molecule has 1 N–H and O–H groups in total. The number of rotatable bonds is 6. The highest BCUT2D eigenvalue weighted by Gasteiger charge is 2.14. The van der Waals surface area contributed by atoms with Crippen LogP contribution >= 0.6 is 0 Å². The number of nitrogens with one attached hydrogen (secondary N) is 1. The van der Waals surface area contributed by atoms with Crippen LogP contribution in [0.1, 0.15) is 37.9 Å². The lowest BCUT2D eigenvalue weighted by Crippen LogP contribution is -2.34. The molecule has 0 saturated heterocycles. The molecule has 0 fully saturated rings. The second kappa shape index (κ2) is 6.48. The van der Waals surface area contributed by atoms with Crippen molar-refractivity contribution in [3.8, 4) is 0 Å². The van der Waals surface area contributed by atoms with Gasteiger partial charge in [0.2, 0.25) is 0 Å². The van der Waals surface area contributed by atoms with Gasteiger partial charge in [0.1, 0.15) is 11.5 Å². The first-order valence-corrected chi connectivity index (χ1v) is 6.47. The molecular weight excluding hydrogens is 250 g/mol. The van der Waals surface area contributed by atoms with E-state index in [0.29, 0.717) is 13.1 Å². The van der Waals surface area contributed by atoms with E-state index in [0.717, 1.165) is 17.1 Å². The van der Waals surface area contributed by atoms with Gasteiger partial charge < -0.3 is 9.73 Å². The SMILES string of the molecule is Cc1oc(CNC(C)(C)C)cc1CN(C)CC(F)F. The fourth-order valence-corrected chi connectivity index (χ4v) is 1.77. The Morgan fingerprint density at radius 2 is 2.00 bits per heavy atom. The Kier molecular flexibility index (Phi) is 5.50. The Bertz CT molecular complexity index is 397. The van der Waals surface area contributed by atoms with Gasteiger partial charge >= 0.3 is 0 Å². The molecule has 1 aromatic heterocycles. The van der Waals surface area contributed by atoms with E-state index in [1.165, 1.54) is 0 Å². The highest BCUT2D eigenvalue weighted by atomic mass is 19.3. The van der Waals surface area contributed by atoms with Crippen LogP contribution in [0.5, 0.6) is 0 Å². The van der Waals surface area contributed by atoms with Crippen LogP contribution in [0.15, 0.2) is 10.5 Å². The van der Waals surface area contributed by atoms with Gasteiger partial charge in [0.15, 0.2) is 0 Å². The molecule has 0 aliphatic carbocycles. The van der Waals surface area contributed by atoms with Crippen LogP contribution in [0.25, 0.3) is 0 Å². The second-order valence-electron chi connectivity index (χ2n) is 5.99. The summed E-state index contributed by atoms with van der Waals surface area (Å²) in [6.07, 6.45) is -2.31. The van der Waals surface area contributed by atoms with E-state index < -0.39 is 6.43 Å². The number of halogens is 2. The zero-order chi connectivity index (χ0) is 14.6. The molecule has 0 aliphatic heterocycles. The molecule has 0 radical (unpaired) electrons. The van der Waals surface area contributed by atoms with Crippen molar-refractivity contribution >= 4 is 0 Å². The van der Waals surface area contributed by atoms with E-state index in [-0.39, 0.29) is 12.1 Å². The second-order valence-corrected chi connectivity index (χ2v) is 5.99. The van der Waals surface area contributed by atoms with Gasteiger partial charge in [-0.15, -0.1) is 0 Å². The average Bonchev–Trinajstić information content (AvgIpc) is 2.54. The summed E-state index contributed by atoms with van der Waals surface area (Å²) in [6, 6.07) is 1.94. The first-order chi connectivity index (χ1) is 8.67. The third-order valence-corrected chi connectivity index (χ3v) is 2.75. The van der Waals surface area contributed by atoms with Crippen molar-refractivity contribution in [3.63, 3.8) is 0 Å². The minimum absolute atomic E-state index is 0.0212. The van der Waals surface area contributed by atoms with Crippen molar-refractivity contribution in [3.05, 3.63) is 23.2 Å². The Morgan fingerprint density at radius 1 is 1.37 bits per heavy atom. The molecule has 0 unspecified atom stereocenters. The van der Waals surface area contributed by atoms with Crippen LogP contribution in [-0.4, -0.2) is 30.5 Å². The van der Waals surface area contributed by atoms with Gasteiger partial charge in [-0.2, -0.15) is 0 Å². The van der Waals surface area contributed by atoms with Gasteiger partial charge in [0.05, 0.1) is 13.1 Å². The molecule has 19 heavy (non-hydrogen) atoms. The topological polar surface area (TPSA) is 28.4 Å². The van der Waals surface area contributed by atoms with E-state index in [4.69, 9.17) is 4.42 Å². The van der Waals surface area contributed by atoms with E-state index in [9.17, 15) is 8.78 Å². The maximum absolute atomic E-state index is 12.3. The lowest BCUT2D eigenvalue weighted by Gasteiger charge is -2.19. The monoisotopic (exact) mass is 274 g/mol. The molecule has 5 heteroatoms. The van der Waals surface area contributed by atoms with Crippen LogP contribution in [0.3, 0.4) is 0 Å². The number of hydrogen-bond acceptors (Lipinski definition) is 3.